The van der Waals surface area contributed by atoms with Crippen molar-refractivity contribution in [3.8, 4) is 5.75 Å². The Morgan fingerprint density at radius 3 is 2.82 bits per heavy atom. The molecule has 0 saturated carbocycles. The van der Waals surface area contributed by atoms with Gasteiger partial charge in [-0.2, -0.15) is 0 Å². The molecule has 0 bridgehead atoms. The number of nitrogens with zero attached hydrogens (tertiary/aromatic N) is 1. The highest BCUT2D eigenvalue weighted by molar-refractivity contribution is 7.89. The number of primary sulfonamides is 1. The summed E-state index contributed by atoms with van der Waals surface area (Å²) in [4.78, 5) is 4.10. The average molecular weight is 259 g/mol. The number of aromatic nitrogens is 1. The highest BCUT2D eigenvalue weighted by atomic mass is 32.2. The smallest absolute Gasteiger partial charge is 0.209 e. The molecule has 0 radical (unpaired) electrons. The third kappa shape index (κ3) is 5.01. The molecule has 0 atom stereocenters. The summed E-state index contributed by atoms with van der Waals surface area (Å²) in [5.74, 6) is 0.595. The van der Waals surface area contributed by atoms with Gasteiger partial charge in [-0.25, -0.2) is 13.6 Å². The van der Waals surface area contributed by atoms with Crippen LogP contribution in [-0.4, -0.2) is 32.8 Å². The number of nitrogens with one attached hydrogen (secondary N) is 1. The molecule has 0 spiro atoms. The van der Waals surface area contributed by atoms with Crippen molar-refractivity contribution < 1.29 is 13.2 Å². The molecule has 6 nitrogen and oxygen atoms in total. The minimum atomic E-state index is -3.39. The largest absolute Gasteiger partial charge is 0.493 e. The number of hydrogen-bond acceptors (Lipinski definition) is 5. The number of nitrogens with two attached hydrogens (primary N) is 1. The van der Waals surface area contributed by atoms with E-state index in [9.17, 15) is 8.42 Å². The van der Waals surface area contributed by atoms with Crippen LogP contribution in [0.3, 0.4) is 0 Å². The Bertz CT molecular complexity index is 474. The topological polar surface area (TPSA) is 94.3 Å². The number of hydrogen-bond donors (Lipinski definition) is 2. The van der Waals surface area contributed by atoms with Crippen LogP contribution in [0.5, 0.6) is 5.75 Å². The molecule has 0 saturated heterocycles. The predicted molar refractivity (Wildman–Crippen MR) is 66.6 cm³/mol. The van der Waals surface area contributed by atoms with Crippen LogP contribution in [-0.2, 0) is 10.0 Å². The van der Waals surface area contributed by atoms with Gasteiger partial charge in [-0.3, -0.25) is 4.98 Å². The van der Waals surface area contributed by atoms with Gasteiger partial charge in [0.25, 0.3) is 0 Å². The third-order valence-corrected chi connectivity index (χ3v) is 3.00. The van der Waals surface area contributed by atoms with E-state index >= 15 is 0 Å². The summed E-state index contributed by atoms with van der Waals surface area (Å²) in [5, 5.41) is 8.00. The molecule has 1 rings (SSSR count). The molecule has 0 aliphatic carbocycles. The van der Waals surface area contributed by atoms with E-state index in [2.05, 4.69) is 10.3 Å². The molecule has 0 aliphatic rings. The molecular weight excluding hydrogens is 242 g/mol. The lowest BCUT2D eigenvalue weighted by molar-refractivity contribution is 0.414. The second-order valence-corrected chi connectivity index (χ2v) is 5.41. The average Bonchev–Trinajstić information content (AvgIpc) is 2.23. The minimum Gasteiger partial charge on any atom is -0.493 e. The first kappa shape index (κ1) is 13.7. The van der Waals surface area contributed by atoms with Gasteiger partial charge < -0.3 is 10.1 Å². The lowest BCUT2D eigenvalue weighted by Crippen LogP contribution is -2.18. The fraction of sp³-hybridized carbons (Fsp3) is 0.500. The summed E-state index contributed by atoms with van der Waals surface area (Å²) in [6.07, 6.45) is 2.07. The first-order valence-corrected chi connectivity index (χ1v) is 6.89. The van der Waals surface area contributed by atoms with Gasteiger partial charge in [-0.15, -0.1) is 0 Å². The van der Waals surface area contributed by atoms with Crippen LogP contribution in [0.2, 0.25) is 0 Å². The van der Waals surface area contributed by atoms with Gasteiger partial charge in [0.15, 0.2) is 5.75 Å². The summed E-state index contributed by atoms with van der Waals surface area (Å²) in [6.45, 7) is 2.38. The number of pyridine rings is 1. The lowest BCUT2D eigenvalue weighted by atomic mass is 10.3. The number of anilines is 1. The Kier molecular flexibility index (Phi) is 4.71. The summed E-state index contributed by atoms with van der Waals surface area (Å²) in [5.41, 5.74) is 1.66. The first-order chi connectivity index (χ1) is 7.92. The van der Waals surface area contributed by atoms with Gasteiger partial charge >= 0.3 is 0 Å². The van der Waals surface area contributed by atoms with Crippen molar-refractivity contribution in [1.82, 2.24) is 4.98 Å². The van der Waals surface area contributed by atoms with Gasteiger partial charge in [0, 0.05) is 12.2 Å². The van der Waals surface area contributed by atoms with Crippen molar-refractivity contribution in [1.29, 1.82) is 0 Å². The number of methoxy groups -OCH3 is 1. The van der Waals surface area contributed by atoms with Crippen molar-refractivity contribution in [3.05, 3.63) is 18.0 Å². The Hall–Kier alpha value is -1.34. The summed E-state index contributed by atoms with van der Waals surface area (Å²) in [7, 11) is -1.83. The molecule has 0 fully saturated rings. The normalized spacial score (nSPS) is 11.2. The van der Waals surface area contributed by atoms with E-state index in [1.807, 2.05) is 13.0 Å². The lowest BCUT2D eigenvalue weighted by Gasteiger charge is -2.10. The minimum absolute atomic E-state index is 0.0353. The van der Waals surface area contributed by atoms with Gasteiger partial charge in [-0.05, 0) is 19.4 Å². The van der Waals surface area contributed by atoms with Crippen LogP contribution >= 0.6 is 0 Å². The van der Waals surface area contributed by atoms with Crippen LogP contribution in [0.4, 0.5) is 5.69 Å². The highest BCUT2D eigenvalue weighted by Gasteiger charge is 2.05. The van der Waals surface area contributed by atoms with E-state index in [1.165, 1.54) is 0 Å². The van der Waals surface area contributed by atoms with Crippen molar-refractivity contribution in [2.75, 3.05) is 24.7 Å². The van der Waals surface area contributed by atoms with E-state index in [-0.39, 0.29) is 5.75 Å². The molecule has 96 valence electrons. The molecule has 17 heavy (non-hydrogen) atoms. The quantitative estimate of drug-likeness (QED) is 0.725. The van der Waals surface area contributed by atoms with Gasteiger partial charge in [-0.1, -0.05) is 0 Å². The molecule has 1 heterocycles. The first-order valence-electron chi connectivity index (χ1n) is 5.17. The van der Waals surface area contributed by atoms with Crippen molar-refractivity contribution in [2.24, 2.45) is 5.14 Å². The SMILES string of the molecule is COc1cnc(C)cc1NCCCS(N)(=O)=O. The Labute approximate surface area is 101 Å². The number of ether oxygens (including phenoxy) is 1. The monoisotopic (exact) mass is 259 g/mol. The maximum Gasteiger partial charge on any atom is 0.209 e. The van der Waals surface area contributed by atoms with Crippen LogP contribution in [0.25, 0.3) is 0 Å². The zero-order valence-electron chi connectivity index (χ0n) is 9.93. The van der Waals surface area contributed by atoms with Crippen LogP contribution < -0.4 is 15.2 Å². The number of sulfonamides is 1. The summed E-state index contributed by atoms with van der Waals surface area (Å²) < 4.78 is 26.6. The Balaban J connectivity index is 2.54. The highest BCUT2D eigenvalue weighted by Crippen LogP contribution is 2.23. The van der Waals surface area contributed by atoms with E-state index in [1.54, 1.807) is 13.3 Å². The zero-order chi connectivity index (χ0) is 12.9. The molecule has 7 heteroatoms. The Morgan fingerprint density at radius 2 is 2.24 bits per heavy atom. The van der Waals surface area contributed by atoms with Gasteiger partial charge in [0.05, 0.1) is 24.7 Å². The summed E-state index contributed by atoms with van der Waals surface area (Å²) in [6, 6.07) is 1.84. The maximum atomic E-state index is 10.7. The fourth-order valence-corrected chi connectivity index (χ4v) is 1.89. The maximum absolute atomic E-state index is 10.7. The molecule has 0 aliphatic heterocycles. The molecular formula is C10H17N3O3S. The number of aryl methyl sites for hydroxylation is 1. The van der Waals surface area contributed by atoms with Crippen LogP contribution in [0, 0.1) is 6.92 Å². The number of rotatable bonds is 6. The van der Waals surface area contributed by atoms with E-state index in [0.717, 1.165) is 11.4 Å². The second kappa shape index (κ2) is 5.83. The van der Waals surface area contributed by atoms with Crippen LogP contribution in [0.15, 0.2) is 12.3 Å². The molecule has 3 N–H and O–H groups in total. The Morgan fingerprint density at radius 1 is 1.53 bits per heavy atom. The molecule has 1 aromatic heterocycles. The van der Waals surface area contributed by atoms with Crippen LogP contribution in [0.1, 0.15) is 12.1 Å². The van der Waals surface area contributed by atoms with Gasteiger partial charge in [0.1, 0.15) is 0 Å². The second-order valence-electron chi connectivity index (χ2n) is 3.67. The van der Waals surface area contributed by atoms with Crippen molar-refractivity contribution in [3.63, 3.8) is 0 Å². The molecule has 0 aromatic carbocycles. The zero-order valence-corrected chi connectivity index (χ0v) is 10.8. The fourth-order valence-electron chi connectivity index (χ4n) is 1.34. The van der Waals surface area contributed by atoms with Crippen molar-refractivity contribution in [2.45, 2.75) is 13.3 Å². The molecule has 1 aromatic rings. The third-order valence-electron chi connectivity index (χ3n) is 2.15. The predicted octanol–water partition coefficient (Wildman–Crippen LogP) is 0.489. The summed E-state index contributed by atoms with van der Waals surface area (Å²) >= 11 is 0. The van der Waals surface area contributed by atoms with E-state index in [4.69, 9.17) is 9.88 Å². The van der Waals surface area contributed by atoms with Crippen molar-refractivity contribution >= 4 is 15.7 Å². The van der Waals surface area contributed by atoms with Gasteiger partial charge in [0.2, 0.25) is 10.0 Å². The molecule has 0 unspecified atom stereocenters. The molecule has 0 amide bonds. The van der Waals surface area contributed by atoms with E-state index in [0.29, 0.717) is 18.7 Å². The van der Waals surface area contributed by atoms with E-state index < -0.39 is 10.0 Å². The standard InChI is InChI=1S/C10H17N3O3S/c1-8-6-9(10(16-2)7-13-8)12-4-3-5-17(11,14)15/h6-7H,3-5H2,1-2H3,(H,12,13)(H2,11,14,15).